The minimum absolute atomic E-state index is 0.0307. The summed E-state index contributed by atoms with van der Waals surface area (Å²) in [4.78, 5) is 13.9. The molecule has 0 atom stereocenters. The molecule has 0 radical (unpaired) electrons. The Morgan fingerprint density at radius 3 is 2.81 bits per heavy atom. The second-order valence-electron chi connectivity index (χ2n) is 6.19. The van der Waals surface area contributed by atoms with Crippen LogP contribution in [-0.4, -0.2) is 46.3 Å². The van der Waals surface area contributed by atoms with Crippen molar-refractivity contribution in [2.45, 2.75) is 13.5 Å². The minimum atomic E-state index is -0.460. The van der Waals surface area contributed by atoms with E-state index in [4.69, 9.17) is 28.3 Å². The van der Waals surface area contributed by atoms with Crippen LogP contribution in [0.1, 0.15) is 11.5 Å². The van der Waals surface area contributed by atoms with Crippen molar-refractivity contribution in [2.24, 2.45) is 0 Å². The molecule has 3 rings (SSSR count). The third kappa shape index (κ3) is 4.48. The van der Waals surface area contributed by atoms with Crippen LogP contribution in [-0.2, 0) is 6.54 Å². The lowest BCUT2D eigenvalue weighted by atomic mass is 10.2. The zero-order chi connectivity index (χ0) is 18.7. The number of anilines is 1. The first-order valence-electron chi connectivity index (χ1n) is 8.18. The number of aromatic nitrogens is 1. The molecule has 1 aliphatic rings. The van der Waals surface area contributed by atoms with Gasteiger partial charge in [0.25, 0.3) is 5.69 Å². The summed E-state index contributed by atoms with van der Waals surface area (Å²) in [6, 6.07) is 6.20. The second kappa shape index (κ2) is 7.98. The SMILES string of the molecule is Cc1cc(C[NH+]2CCN(C(=S)Nc3cc([N+](=O)[O-])ccc3Cl)CC2)no1. The van der Waals surface area contributed by atoms with Crippen molar-refractivity contribution in [3.05, 3.63) is 50.9 Å². The minimum Gasteiger partial charge on any atom is -0.361 e. The van der Waals surface area contributed by atoms with E-state index in [0.29, 0.717) is 15.8 Å². The highest BCUT2D eigenvalue weighted by Crippen LogP contribution is 2.27. The monoisotopic (exact) mass is 396 g/mol. The molecule has 0 saturated carbocycles. The van der Waals surface area contributed by atoms with Gasteiger partial charge in [-0.25, -0.2) is 0 Å². The van der Waals surface area contributed by atoms with Crippen LogP contribution in [0.15, 0.2) is 28.8 Å². The molecular weight excluding hydrogens is 378 g/mol. The number of rotatable bonds is 4. The molecule has 1 saturated heterocycles. The van der Waals surface area contributed by atoms with Crippen LogP contribution in [0.3, 0.4) is 0 Å². The maximum Gasteiger partial charge on any atom is 0.271 e. The molecule has 8 nitrogen and oxygen atoms in total. The van der Waals surface area contributed by atoms with Crippen molar-refractivity contribution in [1.82, 2.24) is 10.1 Å². The van der Waals surface area contributed by atoms with E-state index in [9.17, 15) is 10.1 Å². The van der Waals surface area contributed by atoms with Gasteiger partial charge in [0.15, 0.2) is 5.11 Å². The van der Waals surface area contributed by atoms with Gasteiger partial charge < -0.3 is 19.6 Å². The van der Waals surface area contributed by atoms with Crippen molar-refractivity contribution in [3.63, 3.8) is 0 Å². The maximum atomic E-state index is 10.9. The fraction of sp³-hybridized carbons (Fsp3) is 0.375. The molecule has 1 aromatic heterocycles. The number of thiocarbonyl (C=S) groups is 1. The zero-order valence-corrected chi connectivity index (χ0v) is 15.8. The Morgan fingerprint density at radius 1 is 1.46 bits per heavy atom. The molecule has 0 spiro atoms. The molecule has 2 N–H and O–H groups in total. The van der Waals surface area contributed by atoms with E-state index >= 15 is 0 Å². The van der Waals surface area contributed by atoms with Gasteiger partial charge in [-0.3, -0.25) is 10.1 Å². The summed E-state index contributed by atoms with van der Waals surface area (Å²) in [7, 11) is 0. The molecule has 2 heterocycles. The normalized spacial score (nSPS) is 15.1. The Hall–Kier alpha value is -2.23. The summed E-state index contributed by atoms with van der Waals surface area (Å²) in [5.74, 6) is 0.817. The van der Waals surface area contributed by atoms with E-state index in [1.807, 2.05) is 17.9 Å². The van der Waals surface area contributed by atoms with Gasteiger partial charge in [0.05, 0.1) is 41.8 Å². The van der Waals surface area contributed by atoms with Crippen molar-refractivity contribution in [1.29, 1.82) is 0 Å². The van der Waals surface area contributed by atoms with Gasteiger partial charge >= 0.3 is 0 Å². The number of hydrogen-bond donors (Lipinski definition) is 2. The smallest absolute Gasteiger partial charge is 0.271 e. The van der Waals surface area contributed by atoms with Crippen molar-refractivity contribution in [3.8, 4) is 0 Å². The van der Waals surface area contributed by atoms with Crippen molar-refractivity contribution in [2.75, 3.05) is 31.5 Å². The summed E-state index contributed by atoms with van der Waals surface area (Å²) in [6.45, 7) is 6.09. The van der Waals surface area contributed by atoms with E-state index in [0.717, 1.165) is 44.2 Å². The molecule has 0 unspecified atom stereocenters. The highest BCUT2D eigenvalue weighted by molar-refractivity contribution is 7.80. The number of nitro benzene ring substituents is 1. The first-order chi connectivity index (χ1) is 12.4. The molecule has 1 fully saturated rings. The van der Waals surface area contributed by atoms with Gasteiger partial charge in [0.1, 0.15) is 18.0 Å². The predicted molar refractivity (Wildman–Crippen MR) is 102 cm³/mol. The Balaban J connectivity index is 1.55. The molecule has 1 aliphatic heterocycles. The molecule has 1 aromatic carbocycles. The van der Waals surface area contributed by atoms with Gasteiger partial charge in [0, 0.05) is 18.2 Å². The number of nitrogens with zero attached hydrogens (tertiary/aromatic N) is 3. The largest absolute Gasteiger partial charge is 0.361 e. The average Bonchev–Trinajstić information content (AvgIpc) is 3.02. The maximum absolute atomic E-state index is 10.9. The van der Waals surface area contributed by atoms with Crippen LogP contribution in [0.4, 0.5) is 11.4 Å². The van der Waals surface area contributed by atoms with Gasteiger partial charge in [-0.2, -0.15) is 0 Å². The summed E-state index contributed by atoms with van der Waals surface area (Å²) in [5.41, 5.74) is 1.37. The van der Waals surface area contributed by atoms with E-state index in [1.54, 1.807) is 0 Å². The number of aryl methyl sites for hydroxylation is 1. The van der Waals surface area contributed by atoms with E-state index < -0.39 is 4.92 Å². The number of nitrogens with one attached hydrogen (secondary N) is 2. The molecule has 10 heteroatoms. The molecule has 138 valence electrons. The lowest BCUT2D eigenvalue weighted by Gasteiger charge is -2.33. The lowest BCUT2D eigenvalue weighted by Crippen LogP contribution is -3.13. The van der Waals surface area contributed by atoms with Gasteiger partial charge in [0.2, 0.25) is 0 Å². The number of hydrogen-bond acceptors (Lipinski definition) is 5. The van der Waals surface area contributed by atoms with Crippen LogP contribution >= 0.6 is 23.8 Å². The zero-order valence-electron chi connectivity index (χ0n) is 14.2. The number of non-ortho nitro benzene ring substituents is 1. The number of halogens is 1. The molecular formula is C16H19ClN5O3S+. The Labute approximate surface area is 160 Å². The third-order valence-corrected chi connectivity index (χ3v) is 4.96. The van der Waals surface area contributed by atoms with E-state index in [-0.39, 0.29) is 5.69 Å². The molecule has 0 aliphatic carbocycles. The fourth-order valence-electron chi connectivity index (χ4n) is 2.88. The quantitative estimate of drug-likeness (QED) is 0.461. The lowest BCUT2D eigenvalue weighted by molar-refractivity contribution is -0.917. The first kappa shape index (κ1) is 18.6. The Bertz CT molecular complexity index is 820. The highest BCUT2D eigenvalue weighted by atomic mass is 35.5. The van der Waals surface area contributed by atoms with Crippen LogP contribution in [0, 0.1) is 17.0 Å². The summed E-state index contributed by atoms with van der Waals surface area (Å²) < 4.78 is 5.10. The highest BCUT2D eigenvalue weighted by Gasteiger charge is 2.23. The van der Waals surface area contributed by atoms with Crippen LogP contribution in [0.5, 0.6) is 0 Å². The van der Waals surface area contributed by atoms with Gasteiger partial charge in [-0.15, -0.1) is 0 Å². The third-order valence-electron chi connectivity index (χ3n) is 4.27. The number of piperazine rings is 1. The molecule has 26 heavy (non-hydrogen) atoms. The first-order valence-corrected chi connectivity index (χ1v) is 8.96. The fourth-order valence-corrected chi connectivity index (χ4v) is 3.33. The number of nitro groups is 1. The number of benzene rings is 1. The molecule has 0 bridgehead atoms. The van der Waals surface area contributed by atoms with Gasteiger partial charge in [-0.1, -0.05) is 16.8 Å². The summed E-state index contributed by atoms with van der Waals surface area (Å²) >= 11 is 11.6. The molecule has 2 aromatic rings. The standard InChI is InChI=1S/C16H18ClN5O3S/c1-11-8-12(19-25-11)10-20-4-6-21(7-5-20)16(26)18-15-9-13(22(23)24)2-3-14(15)17/h2-3,8-9H,4-7,10H2,1H3,(H,18,26)/p+1. The van der Waals surface area contributed by atoms with Crippen LogP contribution < -0.4 is 10.2 Å². The summed E-state index contributed by atoms with van der Waals surface area (Å²) in [5, 5.41) is 18.9. The molecule has 0 amide bonds. The topological polar surface area (TPSA) is 88.9 Å². The Kier molecular flexibility index (Phi) is 5.70. The van der Waals surface area contributed by atoms with Crippen LogP contribution in [0.25, 0.3) is 0 Å². The second-order valence-corrected chi connectivity index (χ2v) is 6.99. The van der Waals surface area contributed by atoms with Crippen molar-refractivity contribution >= 4 is 40.3 Å². The van der Waals surface area contributed by atoms with E-state index in [1.165, 1.54) is 23.1 Å². The summed E-state index contributed by atoms with van der Waals surface area (Å²) in [6.07, 6.45) is 0. The average molecular weight is 397 g/mol. The van der Waals surface area contributed by atoms with E-state index in [2.05, 4.69) is 10.5 Å². The van der Waals surface area contributed by atoms with Crippen LogP contribution in [0.2, 0.25) is 5.02 Å². The van der Waals surface area contributed by atoms with Crippen molar-refractivity contribution < 1.29 is 14.3 Å². The number of quaternary nitrogens is 1. The van der Waals surface area contributed by atoms with Gasteiger partial charge in [-0.05, 0) is 25.2 Å². The predicted octanol–water partition coefficient (Wildman–Crippen LogP) is 1.64. The Morgan fingerprint density at radius 2 is 2.19 bits per heavy atom.